The highest BCUT2D eigenvalue weighted by molar-refractivity contribution is 6.05. The maximum atomic E-state index is 12.6. The molecule has 0 spiro atoms. The second-order valence-electron chi connectivity index (χ2n) is 5.51. The van der Waals surface area contributed by atoms with Crippen LogP contribution in [0.3, 0.4) is 0 Å². The van der Waals surface area contributed by atoms with Gasteiger partial charge in [0.15, 0.2) is 5.82 Å². The van der Waals surface area contributed by atoms with E-state index in [0.29, 0.717) is 36.9 Å². The average Bonchev–Trinajstić information content (AvgIpc) is 3.10. The minimum absolute atomic E-state index is 0.277. The summed E-state index contributed by atoms with van der Waals surface area (Å²) >= 11 is 0. The van der Waals surface area contributed by atoms with E-state index in [9.17, 15) is 4.79 Å². The Morgan fingerprint density at radius 1 is 1.12 bits per heavy atom. The molecule has 2 heterocycles. The number of hydrogen-bond donors (Lipinski definition) is 1. The Balaban J connectivity index is 1.65. The van der Waals surface area contributed by atoms with Crippen molar-refractivity contribution in [3.63, 3.8) is 0 Å². The highest BCUT2D eigenvalue weighted by atomic mass is 16.5. The van der Waals surface area contributed by atoms with Crippen molar-refractivity contribution in [3.8, 4) is 5.75 Å². The van der Waals surface area contributed by atoms with E-state index in [2.05, 4.69) is 15.4 Å². The second-order valence-corrected chi connectivity index (χ2v) is 5.51. The number of hydrogen-bond acceptors (Lipinski definition) is 5. The number of amides is 1. The Morgan fingerprint density at radius 3 is 2.77 bits per heavy atom. The van der Waals surface area contributed by atoms with Crippen molar-refractivity contribution in [1.29, 1.82) is 0 Å². The number of ether oxygens (including phenoxy) is 2. The van der Waals surface area contributed by atoms with E-state index in [-0.39, 0.29) is 5.91 Å². The van der Waals surface area contributed by atoms with Gasteiger partial charge in [0.1, 0.15) is 12.4 Å². The minimum atomic E-state index is -0.277. The van der Waals surface area contributed by atoms with Gasteiger partial charge in [0.05, 0.1) is 24.4 Å². The zero-order chi connectivity index (χ0) is 18.2. The van der Waals surface area contributed by atoms with Gasteiger partial charge in [0, 0.05) is 25.6 Å². The fraction of sp³-hybridized carbons (Fsp3) is 0.211. The molecule has 3 rings (SSSR count). The van der Waals surface area contributed by atoms with E-state index in [1.54, 1.807) is 48.5 Å². The molecule has 0 saturated carbocycles. The third kappa shape index (κ3) is 4.67. The van der Waals surface area contributed by atoms with Gasteiger partial charge in [-0.3, -0.25) is 14.5 Å². The molecule has 134 valence electrons. The topological polar surface area (TPSA) is 78.3 Å². The van der Waals surface area contributed by atoms with E-state index in [0.717, 1.165) is 5.69 Å². The van der Waals surface area contributed by atoms with Crippen LogP contribution < -0.4 is 10.1 Å². The number of methoxy groups -OCH3 is 1. The summed E-state index contributed by atoms with van der Waals surface area (Å²) in [5, 5.41) is 7.15. The summed E-state index contributed by atoms with van der Waals surface area (Å²) < 4.78 is 12.3. The van der Waals surface area contributed by atoms with Gasteiger partial charge in [0.2, 0.25) is 0 Å². The number of aromatic nitrogens is 3. The molecule has 2 aromatic heterocycles. The van der Waals surface area contributed by atoms with Gasteiger partial charge in [-0.05, 0) is 24.3 Å². The summed E-state index contributed by atoms with van der Waals surface area (Å²) in [4.78, 5) is 16.8. The lowest BCUT2D eigenvalue weighted by atomic mass is 10.2. The summed E-state index contributed by atoms with van der Waals surface area (Å²) in [5.41, 5.74) is 1.34. The highest BCUT2D eigenvalue weighted by Crippen LogP contribution is 2.19. The molecule has 26 heavy (non-hydrogen) atoms. The predicted molar refractivity (Wildman–Crippen MR) is 97.3 cm³/mol. The Hall–Kier alpha value is -3.19. The molecular formula is C19H20N4O3. The first-order valence-electron chi connectivity index (χ1n) is 8.22. The van der Waals surface area contributed by atoms with Gasteiger partial charge < -0.3 is 14.8 Å². The van der Waals surface area contributed by atoms with E-state index in [1.165, 1.54) is 0 Å². The predicted octanol–water partition coefficient (Wildman–Crippen LogP) is 2.60. The average molecular weight is 352 g/mol. The fourth-order valence-electron chi connectivity index (χ4n) is 2.37. The largest absolute Gasteiger partial charge is 0.490 e. The van der Waals surface area contributed by atoms with Crippen molar-refractivity contribution in [2.75, 3.05) is 25.6 Å². The molecule has 7 heteroatoms. The molecule has 7 nitrogen and oxygen atoms in total. The third-order valence-electron chi connectivity index (χ3n) is 3.61. The number of benzene rings is 1. The number of anilines is 1. The third-order valence-corrected chi connectivity index (χ3v) is 3.61. The molecule has 0 aliphatic carbocycles. The lowest BCUT2D eigenvalue weighted by Gasteiger charge is -2.10. The molecule has 0 atom stereocenters. The van der Waals surface area contributed by atoms with Crippen LogP contribution in [0, 0.1) is 0 Å². The van der Waals surface area contributed by atoms with E-state index in [4.69, 9.17) is 9.47 Å². The minimum Gasteiger partial charge on any atom is -0.490 e. The summed E-state index contributed by atoms with van der Waals surface area (Å²) in [6.45, 7) is 1.36. The highest BCUT2D eigenvalue weighted by Gasteiger charge is 2.13. The monoisotopic (exact) mass is 352 g/mol. The van der Waals surface area contributed by atoms with Gasteiger partial charge in [-0.1, -0.05) is 18.2 Å². The number of carbonyl (C=O) groups is 1. The molecule has 0 unspecified atom stereocenters. The van der Waals surface area contributed by atoms with Crippen molar-refractivity contribution in [3.05, 3.63) is 72.2 Å². The molecule has 3 aromatic rings. The zero-order valence-corrected chi connectivity index (χ0v) is 14.5. The smallest absolute Gasteiger partial charge is 0.260 e. The summed E-state index contributed by atoms with van der Waals surface area (Å²) in [6.07, 6.45) is 3.54. The van der Waals surface area contributed by atoms with Gasteiger partial charge in [-0.25, -0.2) is 0 Å². The molecule has 0 aliphatic heterocycles. The maximum absolute atomic E-state index is 12.6. The van der Waals surface area contributed by atoms with Crippen molar-refractivity contribution >= 4 is 11.7 Å². The lowest BCUT2D eigenvalue weighted by molar-refractivity contribution is 0.101. The van der Waals surface area contributed by atoms with Crippen LogP contribution in [0.5, 0.6) is 5.75 Å². The summed E-state index contributed by atoms with van der Waals surface area (Å²) in [6, 6.07) is 14.5. The van der Waals surface area contributed by atoms with Crippen molar-refractivity contribution in [1.82, 2.24) is 14.8 Å². The first-order valence-corrected chi connectivity index (χ1v) is 8.22. The number of pyridine rings is 1. The van der Waals surface area contributed by atoms with Gasteiger partial charge >= 0.3 is 0 Å². The molecule has 0 aliphatic rings. The normalized spacial score (nSPS) is 10.5. The standard InChI is InChI=1S/C19H20N4O3/c1-25-12-13-26-17-8-3-2-7-16(17)19(24)21-18-9-11-23(22-18)14-15-6-4-5-10-20-15/h2-11H,12-14H2,1H3,(H,21,22,24). The quantitative estimate of drug-likeness (QED) is 0.631. The Morgan fingerprint density at radius 2 is 1.96 bits per heavy atom. The first kappa shape index (κ1) is 17.6. The van der Waals surface area contributed by atoms with Crippen LogP contribution in [0.2, 0.25) is 0 Å². The van der Waals surface area contributed by atoms with Crippen LogP contribution in [0.25, 0.3) is 0 Å². The number of nitrogens with zero attached hydrogens (tertiary/aromatic N) is 3. The molecule has 1 N–H and O–H groups in total. The van der Waals surface area contributed by atoms with Gasteiger partial charge in [-0.15, -0.1) is 0 Å². The van der Waals surface area contributed by atoms with Crippen LogP contribution >= 0.6 is 0 Å². The molecule has 1 aromatic carbocycles. The second kappa shape index (κ2) is 8.77. The SMILES string of the molecule is COCCOc1ccccc1C(=O)Nc1ccn(Cc2ccccn2)n1. The Bertz CT molecular complexity index is 849. The number of rotatable bonds is 8. The van der Waals surface area contributed by atoms with E-state index >= 15 is 0 Å². The van der Waals surface area contributed by atoms with Crippen LogP contribution in [0.15, 0.2) is 60.9 Å². The van der Waals surface area contributed by atoms with Crippen LogP contribution in [0.4, 0.5) is 5.82 Å². The number of para-hydroxylation sites is 1. The van der Waals surface area contributed by atoms with E-state index < -0.39 is 0 Å². The van der Waals surface area contributed by atoms with Gasteiger partial charge in [-0.2, -0.15) is 5.10 Å². The van der Waals surface area contributed by atoms with Gasteiger partial charge in [0.25, 0.3) is 5.91 Å². The van der Waals surface area contributed by atoms with Crippen LogP contribution in [0.1, 0.15) is 16.1 Å². The molecule has 0 radical (unpaired) electrons. The van der Waals surface area contributed by atoms with Crippen LogP contribution in [-0.2, 0) is 11.3 Å². The molecular weight excluding hydrogens is 332 g/mol. The first-order chi connectivity index (χ1) is 12.8. The van der Waals surface area contributed by atoms with Crippen molar-refractivity contribution in [2.24, 2.45) is 0 Å². The lowest BCUT2D eigenvalue weighted by Crippen LogP contribution is -2.15. The molecule has 1 amide bonds. The maximum Gasteiger partial charge on any atom is 0.260 e. The van der Waals surface area contributed by atoms with Crippen LogP contribution in [-0.4, -0.2) is 41.0 Å². The number of carbonyl (C=O) groups excluding carboxylic acids is 1. The number of nitrogens with one attached hydrogen (secondary N) is 1. The molecule has 0 fully saturated rings. The fourth-order valence-corrected chi connectivity index (χ4v) is 2.37. The molecule has 0 bridgehead atoms. The van der Waals surface area contributed by atoms with E-state index in [1.807, 2.05) is 24.3 Å². The Labute approximate surface area is 151 Å². The van der Waals surface area contributed by atoms with Crippen molar-refractivity contribution < 1.29 is 14.3 Å². The summed E-state index contributed by atoms with van der Waals surface area (Å²) in [5.74, 6) is 0.702. The Kier molecular flexibility index (Phi) is 5.95. The van der Waals surface area contributed by atoms with Crippen molar-refractivity contribution in [2.45, 2.75) is 6.54 Å². The molecule has 0 saturated heterocycles. The zero-order valence-electron chi connectivity index (χ0n) is 14.5. The summed E-state index contributed by atoms with van der Waals surface area (Å²) in [7, 11) is 1.60.